The molecule has 1 aromatic heterocycles. The van der Waals surface area contributed by atoms with Crippen molar-refractivity contribution in [2.75, 3.05) is 11.2 Å². The first kappa shape index (κ1) is 11.9. The van der Waals surface area contributed by atoms with Crippen LogP contribution in [-0.2, 0) is 0 Å². The molecule has 1 atom stereocenters. The van der Waals surface area contributed by atoms with E-state index >= 15 is 0 Å². The van der Waals surface area contributed by atoms with Crippen LogP contribution in [0.2, 0.25) is 10.0 Å². The maximum absolute atomic E-state index is 5.94. The first-order chi connectivity index (χ1) is 6.67. The fourth-order valence-corrected chi connectivity index (χ4v) is 1.69. The molecule has 1 rings (SSSR count). The third-order valence-corrected chi connectivity index (χ3v) is 2.70. The van der Waals surface area contributed by atoms with E-state index in [4.69, 9.17) is 34.8 Å². The Hall–Kier alpha value is -0.180. The van der Waals surface area contributed by atoms with Gasteiger partial charge in [0.2, 0.25) is 0 Å². The molecule has 0 aromatic carbocycles. The van der Waals surface area contributed by atoms with Gasteiger partial charge in [-0.3, -0.25) is 0 Å². The number of nitrogens with one attached hydrogen (secondary N) is 1. The molecule has 1 unspecified atom stereocenters. The summed E-state index contributed by atoms with van der Waals surface area (Å²) in [5.74, 6) is 1.15. The van der Waals surface area contributed by atoms with E-state index in [2.05, 4.69) is 10.3 Å². The van der Waals surface area contributed by atoms with E-state index in [1.165, 1.54) is 0 Å². The number of hydrogen-bond donors (Lipinski definition) is 1. The zero-order valence-corrected chi connectivity index (χ0v) is 10.00. The van der Waals surface area contributed by atoms with Crippen molar-refractivity contribution in [2.45, 2.75) is 19.4 Å². The number of hydrogen-bond acceptors (Lipinski definition) is 2. The van der Waals surface area contributed by atoms with Gasteiger partial charge < -0.3 is 5.32 Å². The van der Waals surface area contributed by atoms with Crippen LogP contribution in [0.1, 0.15) is 13.3 Å². The fraction of sp³-hybridized carbons (Fsp3) is 0.444. The second-order valence-electron chi connectivity index (χ2n) is 2.89. The monoisotopic (exact) mass is 252 g/mol. The van der Waals surface area contributed by atoms with Gasteiger partial charge in [-0.05, 0) is 12.5 Å². The highest BCUT2D eigenvalue weighted by Crippen LogP contribution is 2.23. The summed E-state index contributed by atoms with van der Waals surface area (Å²) >= 11 is 17.4. The summed E-state index contributed by atoms with van der Waals surface area (Å²) in [6.07, 6.45) is 2.47. The lowest BCUT2D eigenvalue weighted by Gasteiger charge is -2.15. The quantitative estimate of drug-likeness (QED) is 0.825. The lowest BCUT2D eigenvalue weighted by Crippen LogP contribution is -2.20. The van der Waals surface area contributed by atoms with Gasteiger partial charge in [0.1, 0.15) is 5.82 Å². The van der Waals surface area contributed by atoms with Crippen LogP contribution in [0.5, 0.6) is 0 Å². The molecule has 0 radical (unpaired) electrons. The molecule has 0 saturated heterocycles. The third-order valence-electron chi connectivity index (χ3n) is 1.83. The molecule has 14 heavy (non-hydrogen) atoms. The Bertz CT molecular complexity index is 300. The largest absolute Gasteiger partial charge is 0.365 e. The first-order valence-corrected chi connectivity index (χ1v) is 5.60. The van der Waals surface area contributed by atoms with Crippen molar-refractivity contribution < 1.29 is 0 Å². The van der Waals surface area contributed by atoms with E-state index in [1.807, 2.05) is 6.92 Å². The molecule has 0 fully saturated rings. The molecular weight excluding hydrogens is 242 g/mol. The summed E-state index contributed by atoms with van der Waals surface area (Å²) in [5.41, 5.74) is 0. The van der Waals surface area contributed by atoms with Crippen LogP contribution >= 0.6 is 34.8 Å². The Morgan fingerprint density at radius 1 is 1.50 bits per heavy atom. The minimum atomic E-state index is 0.183. The second-order valence-corrected chi connectivity index (χ2v) is 4.04. The Morgan fingerprint density at radius 3 is 2.71 bits per heavy atom. The maximum atomic E-state index is 5.94. The van der Waals surface area contributed by atoms with E-state index in [-0.39, 0.29) is 6.04 Å². The molecule has 0 aliphatic rings. The number of nitrogens with zero attached hydrogens (tertiary/aromatic N) is 1. The fourth-order valence-electron chi connectivity index (χ4n) is 0.964. The van der Waals surface area contributed by atoms with Gasteiger partial charge in [-0.25, -0.2) is 4.98 Å². The van der Waals surface area contributed by atoms with E-state index in [1.54, 1.807) is 12.3 Å². The summed E-state index contributed by atoms with van der Waals surface area (Å²) in [7, 11) is 0. The van der Waals surface area contributed by atoms with Crippen LogP contribution in [-0.4, -0.2) is 16.9 Å². The summed E-state index contributed by atoms with van der Waals surface area (Å²) < 4.78 is 0. The van der Waals surface area contributed by atoms with E-state index < -0.39 is 0 Å². The summed E-state index contributed by atoms with van der Waals surface area (Å²) in [6.45, 7) is 2.05. The van der Waals surface area contributed by atoms with Crippen LogP contribution in [0.25, 0.3) is 0 Å². The summed E-state index contributed by atoms with van der Waals surface area (Å²) in [4.78, 5) is 4.08. The molecule has 0 amide bonds. The molecule has 1 heterocycles. The van der Waals surface area contributed by atoms with Crippen molar-refractivity contribution in [1.82, 2.24) is 4.98 Å². The van der Waals surface area contributed by atoms with E-state index in [0.717, 1.165) is 6.42 Å². The number of halogens is 3. The van der Waals surface area contributed by atoms with Gasteiger partial charge in [0.15, 0.2) is 0 Å². The Balaban J connectivity index is 2.76. The highest BCUT2D eigenvalue weighted by Gasteiger charge is 2.08. The van der Waals surface area contributed by atoms with Crippen LogP contribution in [0, 0.1) is 0 Å². The Morgan fingerprint density at radius 2 is 2.21 bits per heavy atom. The minimum Gasteiger partial charge on any atom is -0.365 e. The maximum Gasteiger partial charge on any atom is 0.145 e. The van der Waals surface area contributed by atoms with Crippen molar-refractivity contribution in [3.63, 3.8) is 0 Å². The molecule has 0 saturated carbocycles. The lowest BCUT2D eigenvalue weighted by molar-refractivity contribution is 0.765. The number of alkyl halides is 1. The molecule has 5 heteroatoms. The van der Waals surface area contributed by atoms with Gasteiger partial charge in [-0.1, -0.05) is 30.1 Å². The van der Waals surface area contributed by atoms with Crippen molar-refractivity contribution in [3.05, 3.63) is 22.3 Å². The smallest absolute Gasteiger partial charge is 0.145 e. The van der Waals surface area contributed by atoms with Crippen LogP contribution in [0.15, 0.2) is 12.3 Å². The van der Waals surface area contributed by atoms with Crippen molar-refractivity contribution >= 4 is 40.6 Å². The molecule has 1 aromatic rings. The van der Waals surface area contributed by atoms with Gasteiger partial charge in [0, 0.05) is 18.1 Å². The predicted molar refractivity (Wildman–Crippen MR) is 62.7 cm³/mol. The average Bonchev–Trinajstić information content (AvgIpc) is 2.17. The molecule has 0 bridgehead atoms. The van der Waals surface area contributed by atoms with Crippen molar-refractivity contribution in [1.29, 1.82) is 0 Å². The zero-order valence-electron chi connectivity index (χ0n) is 7.73. The van der Waals surface area contributed by atoms with Crippen molar-refractivity contribution in [3.8, 4) is 0 Å². The predicted octanol–water partition coefficient (Wildman–Crippen LogP) is 3.82. The van der Waals surface area contributed by atoms with Crippen LogP contribution in [0.3, 0.4) is 0 Å². The highest BCUT2D eigenvalue weighted by atomic mass is 35.5. The topological polar surface area (TPSA) is 24.9 Å². The normalized spacial score (nSPS) is 12.6. The number of pyridine rings is 1. The minimum absolute atomic E-state index is 0.183. The van der Waals surface area contributed by atoms with E-state index in [0.29, 0.717) is 21.7 Å². The zero-order chi connectivity index (χ0) is 10.6. The van der Waals surface area contributed by atoms with Crippen LogP contribution < -0.4 is 5.32 Å². The lowest BCUT2D eigenvalue weighted by atomic mass is 10.2. The highest BCUT2D eigenvalue weighted by molar-refractivity contribution is 6.35. The average molecular weight is 254 g/mol. The van der Waals surface area contributed by atoms with E-state index in [9.17, 15) is 0 Å². The van der Waals surface area contributed by atoms with Crippen molar-refractivity contribution in [2.24, 2.45) is 0 Å². The number of anilines is 1. The summed E-state index contributed by atoms with van der Waals surface area (Å²) in [6, 6.07) is 1.84. The molecular formula is C9H11Cl3N2. The van der Waals surface area contributed by atoms with Gasteiger partial charge in [0.25, 0.3) is 0 Å². The first-order valence-electron chi connectivity index (χ1n) is 4.31. The molecule has 78 valence electrons. The molecule has 0 spiro atoms. The number of rotatable bonds is 4. The van der Waals surface area contributed by atoms with Gasteiger partial charge in [-0.15, -0.1) is 11.6 Å². The number of aromatic nitrogens is 1. The van der Waals surface area contributed by atoms with Gasteiger partial charge in [0.05, 0.1) is 10.0 Å². The second kappa shape index (κ2) is 5.64. The molecule has 0 aliphatic heterocycles. The Kier molecular flexibility index (Phi) is 4.79. The Labute approximate surface area is 98.6 Å². The molecule has 2 nitrogen and oxygen atoms in total. The third kappa shape index (κ3) is 3.19. The molecule has 1 N–H and O–H groups in total. The van der Waals surface area contributed by atoms with Gasteiger partial charge in [-0.2, -0.15) is 0 Å². The van der Waals surface area contributed by atoms with Crippen LogP contribution in [0.4, 0.5) is 5.82 Å². The summed E-state index contributed by atoms with van der Waals surface area (Å²) in [5, 5.41) is 4.18. The standard InChI is InChI=1S/C9H11Cl3N2/c1-2-7(4-10)14-9-8(12)3-6(11)5-13-9/h3,5,7H,2,4H2,1H3,(H,13,14). The molecule has 0 aliphatic carbocycles. The van der Waals surface area contributed by atoms with Gasteiger partial charge >= 0.3 is 0 Å². The SMILES string of the molecule is CCC(CCl)Nc1ncc(Cl)cc1Cl.